The Hall–Kier alpha value is -2.49. The normalized spacial score (nSPS) is 17.5. The number of methoxy groups -OCH3 is 1. The number of benzene rings is 1. The van der Waals surface area contributed by atoms with Crippen LogP contribution in [0.1, 0.15) is 17.1 Å². The number of halogens is 3. The Bertz CT molecular complexity index is 839. The summed E-state index contributed by atoms with van der Waals surface area (Å²) in [5, 5.41) is 8.03. The van der Waals surface area contributed by atoms with E-state index in [2.05, 4.69) is 25.5 Å². The fourth-order valence-corrected chi connectivity index (χ4v) is 4.02. The summed E-state index contributed by atoms with van der Waals surface area (Å²) in [5.74, 6) is 1.47. The number of ether oxygens (including phenoxy) is 1. The quantitative estimate of drug-likeness (QED) is 0.548. The highest BCUT2D eigenvalue weighted by molar-refractivity contribution is 7.09. The number of para-hydroxylation sites is 2. The van der Waals surface area contributed by atoms with Crippen molar-refractivity contribution in [3.05, 3.63) is 40.3 Å². The van der Waals surface area contributed by atoms with Gasteiger partial charge in [-0.15, -0.1) is 11.3 Å². The zero-order valence-corrected chi connectivity index (χ0v) is 17.1. The summed E-state index contributed by atoms with van der Waals surface area (Å²) in [5.41, 5.74) is 0.230. The maximum absolute atomic E-state index is 12.6. The Morgan fingerprint density at radius 3 is 2.86 bits per heavy atom. The van der Waals surface area contributed by atoms with Gasteiger partial charge in [-0.3, -0.25) is 4.99 Å². The highest BCUT2D eigenvalue weighted by Gasteiger charge is 2.33. The van der Waals surface area contributed by atoms with Gasteiger partial charge in [-0.1, -0.05) is 12.1 Å². The lowest BCUT2D eigenvalue weighted by molar-refractivity contribution is -0.140. The third-order valence-corrected chi connectivity index (χ3v) is 5.56. The standard InChI is InChI=1S/C19H24F3N5OS/c1-23-18(24-9-7-17-26-16(12-29-17)19(20,21)22)25-13-8-10-27(11-13)14-5-3-4-6-15(14)28-2/h3-6,12-13H,7-11H2,1-2H3,(H2,23,24,25). The molecule has 1 unspecified atom stereocenters. The Morgan fingerprint density at radius 1 is 1.38 bits per heavy atom. The number of thiazole rings is 1. The van der Waals surface area contributed by atoms with Gasteiger partial charge in [0.25, 0.3) is 0 Å². The number of rotatable bonds is 6. The van der Waals surface area contributed by atoms with Gasteiger partial charge in [0.1, 0.15) is 5.75 Å². The van der Waals surface area contributed by atoms with E-state index in [1.165, 1.54) is 0 Å². The number of nitrogens with zero attached hydrogens (tertiary/aromatic N) is 3. The molecule has 6 nitrogen and oxygen atoms in total. The van der Waals surface area contributed by atoms with Crippen LogP contribution in [-0.4, -0.2) is 50.8 Å². The molecule has 2 N–H and O–H groups in total. The molecule has 0 bridgehead atoms. The molecule has 1 atom stereocenters. The molecule has 1 aromatic heterocycles. The molecule has 2 heterocycles. The average molecular weight is 427 g/mol. The molecule has 0 aliphatic carbocycles. The van der Waals surface area contributed by atoms with Crippen molar-refractivity contribution in [3.63, 3.8) is 0 Å². The first-order chi connectivity index (χ1) is 13.9. The van der Waals surface area contributed by atoms with Gasteiger partial charge in [-0.25, -0.2) is 4.98 Å². The lowest BCUT2D eigenvalue weighted by atomic mass is 10.2. The highest BCUT2D eigenvalue weighted by atomic mass is 32.1. The average Bonchev–Trinajstić information content (AvgIpc) is 3.36. The Kier molecular flexibility index (Phi) is 6.83. The zero-order valence-electron chi connectivity index (χ0n) is 16.3. The molecule has 1 aliphatic rings. The van der Waals surface area contributed by atoms with Crippen molar-refractivity contribution in [1.82, 2.24) is 15.6 Å². The number of anilines is 1. The monoisotopic (exact) mass is 427 g/mol. The second-order valence-corrected chi connectivity index (χ2v) is 7.56. The van der Waals surface area contributed by atoms with Crippen LogP contribution < -0.4 is 20.3 Å². The fourth-order valence-electron chi connectivity index (χ4n) is 3.22. The molecule has 158 valence electrons. The van der Waals surface area contributed by atoms with Crippen LogP contribution in [0.15, 0.2) is 34.6 Å². The SMILES string of the molecule is CN=C(NCCc1nc(C(F)(F)F)cs1)NC1CCN(c2ccccc2OC)C1. The molecule has 1 aromatic carbocycles. The van der Waals surface area contributed by atoms with Crippen LogP contribution in [0.2, 0.25) is 0 Å². The van der Waals surface area contributed by atoms with Gasteiger partial charge in [-0.05, 0) is 18.6 Å². The Labute approximate surface area is 171 Å². The van der Waals surface area contributed by atoms with Gasteiger partial charge in [0, 0.05) is 44.5 Å². The number of guanidine groups is 1. The van der Waals surface area contributed by atoms with E-state index in [9.17, 15) is 13.2 Å². The van der Waals surface area contributed by atoms with Gasteiger partial charge in [0.2, 0.25) is 0 Å². The van der Waals surface area contributed by atoms with E-state index in [1.807, 2.05) is 24.3 Å². The summed E-state index contributed by atoms with van der Waals surface area (Å²) in [7, 11) is 3.34. The molecule has 1 aliphatic heterocycles. The third kappa shape index (κ3) is 5.53. The van der Waals surface area contributed by atoms with Crippen molar-refractivity contribution >= 4 is 23.0 Å². The zero-order chi connectivity index (χ0) is 20.9. The summed E-state index contributed by atoms with van der Waals surface area (Å²) in [6.07, 6.45) is -3.05. The molecule has 1 fully saturated rings. The molecule has 0 spiro atoms. The first-order valence-corrected chi connectivity index (χ1v) is 10.2. The minimum absolute atomic E-state index is 0.211. The highest BCUT2D eigenvalue weighted by Crippen LogP contribution is 2.31. The van der Waals surface area contributed by atoms with Gasteiger partial charge in [0.15, 0.2) is 11.7 Å². The van der Waals surface area contributed by atoms with E-state index in [4.69, 9.17) is 4.74 Å². The van der Waals surface area contributed by atoms with E-state index in [-0.39, 0.29) is 6.04 Å². The molecule has 10 heteroatoms. The van der Waals surface area contributed by atoms with E-state index in [1.54, 1.807) is 14.2 Å². The van der Waals surface area contributed by atoms with Crippen LogP contribution in [0.4, 0.5) is 18.9 Å². The molecular formula is C19H24F3N5OS. The lowest BCUT2D eigenvalue weighted by Gasteiger charge is -2.22. The number of aliphatic imine (C=N–C) groups is 1. The third-order valence-electron chi connectivity index (χ3n) is 4.65. The number of hydrogen-bond acceptors (Lipinski definition) is 5. The van der Waals surface area contributed by atoms with Crippen LogP contribution in [0.3, 0.4) is 0 Å². The van der Waals surface area contributed by atoms with Crippen molar-refractivity contribution in [2.75, 3.05) is 38.7 Å². The summed E-state index contributed by atoms with van der Waals surface area (Å²) >= 11 is 1.02. The molecule has 0 saturated carbocycles. The lowest BCUT2D eigenvalue weighted by Crippen LogP contribution is -2.45. The smallest absolute Gasteiger partial charge is 0.434 e. The molecule has 3 rings (SSSR count). The summed E-state index contributed by atoms with van der Waals surface area (Å²) < 4.78 is 43.3. The van der Waals surface area contributed by atoms with E-state index >= 15 is 0 Å². The number of alkyl halides is 3. The summed E-state index contributed by atoms with van der Waals surface area (Å²) in [4.78, 5) is 10.1. The molecule has 2 aromatic rings. The van der Waals surface area contributed by atoms with E-state index in [0.717, 1.165) is 47.7 Å². The first kappa shape index (κ1) is 21.2. The van der Waals surface area contributed by atoms with Gasteiger partial charge >= 0.3 is 6.18 Å². The summed E-state index contributed by atoms with van der Waals surface area (Å²) in [6, 6.07) is 8.13. The van der Waals surface area contributed by atoms with E-state index < -0.39 is 11.9 Å². The minimum Gasteiger partial charge on any atom is -0.495 e. The number of aromatic nitrogens is 1. The number of nitrogens with one attached hydrogen (secondary N) is 2. The largest absolute Gasteiger partial charge is 0.495 e. The fraction of sp³-hybridized carbons (Fsp3) is 0.474. The van der Waals surface area contributed by atoms with Crippen LogP contribution in [-0.2, 0) is 12.6 Å². The van der Waals surface area contributed by atoms with Gasteiger partial charge in [0.05, 0.1) is 17.8 Å². The predicted molar refractivity (Wildman–Crippen MR) is 109 cm³/mol. The van der Waals surface area contributed by atoms with Crippen LogP contribution in [0.5, 0.6) is 5.75 Å². The van der Waals surface area contributed by atoms with Gasteiger partial charge < -0.3 is 20.3 Å². The van der Waals surface area contributed by atoms with Crippen molar-refractivity contribution in [3.8, 4) is 5.75 Å². The molecular weight excluding hydrogens is 403 g/mol. The topological polar surface area (TPSA) is 61.8 Å². The van der Waals surface area contributed by atoms with Crippen molar-refractivity contribution in [1.29, 1.82) is 0 Å². The van der Waals surface area contributed by atoms with Crippen LogP contribution >= 0.6 is 11.3 Å². The Morgan fingerprint density at radius 2 is 2.17 bits per heavy atom. The predicted octanol–water partition coefficient (Wildman–Crippen LogP) is 3.16. The van der Waals surface area contributed by atoms with Crippen LogP contribution in [0, 0.1) is 0 Å². The first-order valence-electron chi connectivity index (χ1n) is 9.27. The maximum Gasteiger partial charge on any atom is 0.434 e. The maximum atomic E-state index is 12.6. The molecule has 29 heavy (non-hydrogen) atoms. The Balaban J connectivity index is 1.48. The van der Waals surface area contributed by atoms with E-state index in [0.29, 0.717) is 23.9 Å². The molecule has 1 saturated heterocycles. The van der Waals surface area contributed by atoms with Gasteiger partial charge in [-0.2, -0.15) is 13.2 Å². The van der Waals surface area contributed by atoms with Crippen molar-refractivity contribution < 1.29 is 17.9 Å². The van der Waals surface area contributed by atoms with Crippen molar-refractivity contribution in [2.24, 2.45) is 4.99 Å². The second kappa shape index (κ2) is 9.34. The summed E-state index contributed by atoms with van der Waals surface area (Å²) in [6.45, 7) is 2.16. The molecule has 0 amide bonds. The van der Waals surface area contributed by atoms with Crippen LogP contribution in [0.25, 0.3) is 0 Å². The van der Waals surface area contributed by atoms with Crippen molar-refractivity contribution in [2.45, 2.75) is 25.1 Å². The molecule has 0 radical (unpaired) electrons. The minimum atomic E-state index is -4.39. The second-order valence-electron chi connectivity index (χ2n) is 6.62. The number of hydrogen-bond donors (Lipinski definition) is 2.